The third-order valence-corrected chi connectivity index (χ3v) is 2.35. The number of carbonyl (C=O) groups is 1. The Morgan fingerprint density at radius 3 is 2.75 bits per heavy atom. The van der Waals surface area contributed by atoms with E-state index in [0.717, 1.165) is 16.5 Å². The topological polar surface area (TPSA) is 44.1 Å². The quantitative estimate of drug-likeness (QED) is 0.627. The lowest BCUT2D eigenvalue weighted by Gasteiger charge is -2.19. The van der Waals surface area contributed by atoms with Crippen molar-refractivity contribution in [1.29, 1.82) is 0 Å². The van der Waals surface area contributed by atoms with Crippen LogP contribution in [0.1, 0.15) is 33.6 Å². The minimum atomic E-state index is -0.391. The van der Waals surface area contributed by atoms with Gasteiger partial charge < -0.3 is 4.74 Å². The van der Waals surface area contributed by atoms with Crippen LogP contribution in [0.25, 0.3) is 0 Å². The summed E-state index contributed by atoms with van der Waals surface area (Å²) in [5, 5.41) is 4.14. The van der Waals surface area contributed by atoms with Gasteiger partial charge in [0.2, 0.25) is 0 Å². The van der Waals surface area contributed by atoms with Crippen LogP contribution in [0.2, 0.25) is 0 Å². The molecule has 5 heteroatoms. The molecule has 0 fully saturated rings. The molecular formula is C11H17IN2O2. The number of ether oxygens (including phenoxy) is 1. The van der Waals surface area contributed by atoms with E-state index in [1.165, 1.54) is 0 Å². The van der Waals surface area contributed by atoms with Crippen molar-refractivity contribution in [3.05, 3.63) is 16.0 Å². The molecule has 0 bridgehead atoms. The van der Waals surface area contributed by atoms with Crippen molar-refractivity contribution in [3.8, 4) is 0 Å². The van der Waals surface area contributed by atoms with E-state index in [1.807, 2.05) is 31.6 Å². The average Bonchev–Trinajstić information content (AvgIpc) is 2.48. The van der Waals surface area contributed by atoms with Gasteiger partial charge in [-0.2, -0.15) is 5.10 Å². The zero-order chi connectivity index (χ0) is 12.2. The molecule has 0 amide bonds. The predicted octanol–water partition coefficient (Wildman–Crippen LogP) is 2.61. The fourth-order valence-corrected chi connectivity index (χ4v) is 1.68. The van der Waals surface area contributed by atoms with Crippen LogP contribution in [0.3, 0.4) is 0 Å². The molecular weight excluding hydrogens is 319 g/mol. The molecule has 0 aromatic carbocycles. The SMILES string of the molecule is CC(C)(C)OC(=O)CCCn1cc(I)cn1. The Bertz CT molecular complexity index is 355. The normalized spacial score (nSPS) is 11.5. The van der Waals surface area contributed by atoms with E-state index in [2.05, 4.69) is 27.7 Å². The monoisotopic (exact) mass is 336 g/mol. The Labute approximate surface area is 109 Å². The maximum atomic E-state index is 11.4. The summed E-state index contributed by atoms with van der Waals surface area (Å²) >= 11 is 2.21. The molecule has 0 radical (unpaired) electrons. The number of nitrogens with zero attached hydrogens (tertiary/aromatic N) is 2. The molecule has 0 aliphatic heterocycles. The summed E-state index contributed by atoms with van der Waals surface area (Å²) in [5.74, 6) is -0.144. The van der Waals surface area contributed by atoms with E-state index in [0.29, 0.717) is 6.42 Å². The van der Waals surface area contributed by atoms with Gasteiger partial charge in [0.1, 0.15) is 5.60 Å². The predicted molar refractivity (Wildman–Crippen MR) is 70.0 cm³/mol. The van der Waals surface area contributed by atoms with Crippen LogP contribution in [0.5, 0.6) is 0 Å². The second-order valence-electron chi connectivity index (χ2n) is 4.61. The number of aromatic nitrogens is 2. The van der Waals surface area contributed by atoms with Crippen LogP contribution >= 0.6 is 22.6 Å². The number of rotatable bonds is 4. The zero-order valence-electron chi connectivity index (χ0n) is 9.86. The Morgan fingerprint density at radius 2 is 2.25 bits per heavy atom. The van der Waals surface area contributed by atoms with E-state index in [4.69, 9.17) is 4.74 Å². The minimum Gasteiger partial charge on any atom is -0.460 e. The van der Waals surface area contributed by atoms with Crippen LogP contribution in [0, 0.1) is 3.57 Å². The maximum Gasteiger partial charge on any atom is 0.306 e. The minimum absolute atomic E-state index is 0.144. The molecule has 1 heterocycles. The Balaban J connectivity index is 2.23. The van der Waals surface area contributed by atoms with Crippen LogP contribution in [-0.4, -0.2) is 21.4 Å². The summed E-state index contributed by atoms with van der Waals surface area (Å²) < 4.78 is 8.16. The average molecular weight is 336 g/mol. The molecule has 1 aromatic rings. The van der Waals surface area contributed by atoms with Gasteiger partial charge in [-0.05, 0) is 49.8 Å². The molecule has 0 N–H and O–H groups in total. The van der Waals surface area contributed by atoms with Crippen molar-refractivity contribution < 1.29 is 9.53 Å². The number of esters is 1. The van der Waals surface area contributed by atoms with Crippen LogP contribution < -0.4 is 0 Å². The van der Waals surface area contributed by atoms with Gasteiger partial charge >= 0.3 is 5.97 Å². The number of hydrogen-bond donors (Lipinski definition) is 0. The molecule has 0 aliphatic rings. The van der Waals surface area contributed by atoms with Gasteiger partial charge in [-0.3, -0.25) is 9.48 Å². The van der Waals surface area contributed by atoms with Gasteiger partial charge in [0.15, 0.2) is 0 Å². The van der Waals surface area contributed by atoms with Crippen molar-refractivity contribution in [2.45, 2.75) is 45.8 Å². The third kappa shape index (κ3) is 5.48. The standard InChI is InChI=1S/C11H17IN2O2/c1-11(2,3)16-10(15)5-4-6-14-8-9(12)7-13-14/h7-8H,4-6H2,1-3H3. The van der Waals surface area contributed by atoms with Crippen molar-refractivity contribution >= 4 is 28.6 Å². The van der Waals surface area contributed by atoms with E-state index < -0.39 is 5.60 Å². The molecule has 0 unspecified atom stereocenters. The number of aryl methyl sites for hydroxylation is 1. The van der Waals surface area contributed by atoms with E-state index in [1.54, 1.807) is 6.20 Å². The van der Waals surface area contributed by atoms with E-state index in [9.17, 15) is 4.79 Å². The first-order chi connectivity index (χ1) is 7.37. The second kappa shape index (κ2) is 5.65. The Hall–Kier alpha value is -0.590. The molecule has 1 aromatic heterocycles. The summed E-state index contributed by atoms with van der Waals surface area (Å²) in [6, 6.07) is 0. The highest BCUT2D eigenvalue weighted by atomic mass is 127. The fraction of sp³-hybridized carbons (Fsp3) is 0.636. The summed E-state index contributed by atoms with van der Waals surface area (Å²) in [7, 11) is 0. The number of carbonyl (C=O) groups excluding carboxylic acids is 1. The van der Waals surface area contributed by atoms with Gasteiger partial charge in [-0.25, -0.2) is 0 Å². The van der Waals surface area contributed by atoms with E-state index >= 15 is 0 Å². The molecule has 90 valence electrons. The Morgan fingerprint density at radius 1 is 1.56 bits per heavy atom. The second-order valence-corrected chi connectivity index (χ2v) is 5.86. The van der Waals surface area contributed by atoms with Gasteiger partial charge in [0, 0.05) is 19.2 Å². The summed E-state index contributed by atoms with van der Waals surface area (Å²) in [6.07, 6.45) is 4.95. The first kappa shape index (κ1) is 13.5. The summed E-state index contributed by atoms with van der Waals surface area (Å²) in [4.78, 5) is 11.4. The first-order valence-corrected chi connectivity index (χ1v) is 6.34. The van der Waals surface area contributed by atoms with Gasteiger partial charge in [-0.1, -0.05) is 0 Å². The van der Waals surface area contributed by atoms with Crippen molar-refractivity contribution in [1.82, 2.24) is 9.78 Å². The largest absolute Gasteiger partial charge is 0.460 e. The smallest absolute Gasteiger partial charge is 0.306 e. The van der Waals surface area contributed by atoms with Gasteiger partial charge in [-0.15, -0.1) is 0 Å². The number of hydrogen-bond acceptors (Lipinski definition) is 3. The fourth-order valence-electron chi connectivity index (χ4n) is 1.24. The third-order valence-electron chi connectivity index (χ3n) is 1.79. The highest BCUT2D eigenvalue weighted by Crippen LogP contribution is 2.09. The lowest BCUT2D eigenvalue weighted by Crippen LogP contribution is -2.23. The molecule has 0 aliphatic carbocycles. The van der Waals surface area contributed by atoms with Crippen molar-refractivity contribution in [2.75, 3.05) is 0 Å². The van der Waals surface area contributed by atoms with E-state index in [-0.39, 0.29) is 5.97 Å². The molecule has 1 rings (SSSR count). The van der Waals surface area contributed by atoms with Crippen LogP contribution in [0.4, 0.5) is 0 Å². The van der Waals surface area contributed by atoms with Gasteiger partial charge in [0.25, 0.3) is 0 Å². The zero-order valence-corrected chi connectivity index (χ0v) is 12.0. The molecule has 4 nitrogen and oxygen atoms in total. The molecule has 0 spiro atoms. The highest BCUT2D eigenvalue weighted by Gasteiger charge is 2.15. The van der Waals surface area contributed by atoms with Gasteiger partial charge in [0.05, 0.1) is 9.77 Å². The summed E-state index contributed by atoms with van der Waals surface area (Å²) in [5.41, 5.74) is -0.391. The number of halogens is 1. The molecule has 0 atom stereocenters. The van der Waals surface area contributed by atoms with Crippen LogP contribution in [0.15, 0.2) is 12.4 Å². The molecule has 0 saturated carbocycles. The van der Waals surface area contributed by atoms with Crippen molar-refractivity contribution in [3.63, 3.8) is 0 Å². The van der Waals surface area contributed by atoms with Crippen molar-refractivity contribution in [2.24, 2.45) is 0 Å². The first-order valence-electron chi connectivity index (χ1n) is 5.26. The Kier molecular flexibility index (Phi) is 4.76. The lowest BCUT2D eigenvalue weighted by atomic mass is 10.2. The van der Waals surface area contributed by atoms with Crippen LogP contribution in [-0.2, 0) is 16.1 Å². The molecule has 0 saturated heterocycles. The molecule has 16 heavy (non-hydrogen) atoms. The summed E-state index contributed by atoms with van der Waals surface area (Å²) in [6.45, 7) is 6.38. The maximum absolute atomic E-state index is 11.4. The highest BCUT2D eigenvalue weighted by molar-refractivity contribution is 14.1. The lowest BCUT2D eigenvalue weighted by molar-refractivity contribution is -0.154.